The third-order valence-corrected chi connectivity index (χ3v) is 3.19. The van der Waals surface area contributed by atoms with E-state index in [0.29, 0.717) is 29.9 Å². The number of carbonyl (C=O) groups is 1. The highest BCUT2D eigenvalue weighted by Crippen LogP contribution is 2.13. The van der Waals surface area contributed by atoms with Crippen LogP contribution in [-0.2, 0) is 11.3 Å². The second-order valence-electron chi connectivity index (χ2n) is 4.15. The highest BCUT2D eigenvalue weighted by atomic mass is 35.5. The molecule has 1 heterocycles. The number of fused-ring (bicyclic) bond motifs is 1. The lowest BCUT2D eigenvalue weighted by Gasteiger charge is -2.03. The van der Waals surface area contributed by atoms with Crippen molar-refractivity contribution in [3.8, 4) is 0 Å². The maximum absolute atomic E-state index is 11.9. The summed E-state index contributed by atoms with van der Waals surface area (Å²) in [6.45, 7) is 0.414. The molecule has 1 N–H and O–H groups in total. The summed E-state index contributed by atoms with van der Waals surface area (Å²) in [6.07, 6.45) is 2.16. The molecule has 0 fully saturated rings. The van der Waals surface area contributed by atoms with Gasteiger partial charge in [-0.3, -0.25) is 4.79 Å². The molecule has 1 aromatic carbocycles. The number of hydrogen-bond donors (Lipinski definition) is 1. The molecule has 2 rings (SSSR count). The van der Waals surface area contributed by atoms with Crippen LogP contribution in [0.2, 0.25) is 0 Å². The second kappa shape index (κ2) is 5.67. The number of benzene rings is 1. The Morgan fingerprint density at radius 1 is 1.47 bits per heavy atom. The van der Waals surface area contributed by atoms with Gasteiger partial charge in [0.2, 0.25) is 0 Å². The van der Waals surface area contributed by atoms with Crippen molar-refractivity contribution >= 4 is 30.0 Å². The first-order valence-corrected chi connectivity index (χ1v) is 6.27. The van der Waals surface area contributed by atoms with E-state index in [4.69, 9.17) is 16.3 Å². The average Bonchev–Trinajstić information content (AvgIpc) is 2.71. The van der Waals surface area contributed by atoms with Crippen molar-refractivity contribution in [2.24, 2.45) is 0 Å². The zero-order valence-electron chi connectivity index (χ0n) is 9.49. The number of ketones is 1. The van der Waals surface area contributed by atoms with Gasteiger partial charge < -0.3 is 9.68 Å². The molecule has 1 aliphatic rings. The van der Waals surface area contributed by atoms with Crippen molar-refractivity contribution < 1.29 is 14.5 Å². The summed E-state index contributed by atoms with van der Waals surface area (Å²) in [4.78, 5) is 11.9. The SMILES string of the molecule is O=C(CCCCCl)c1ccc2c(c1)B(O)OC2. The highest BCUT2D eigenvalue weighted by Gasteiger charge is 2.27. The van der Waals surface area contributed by atoms with Crippen LogP contribution in [0.3, 0.4) is 0 Å². The van der Waals surface area contributed by atoms with Gasteiger partial charge in [-0.25, -0.2) is 0 Å². The summed E-state index contributed by atoms with van der Waals surface area (Å²) in [5, 5.41) is 9.55. The van der Waals surface area contributed by atoms with Gasteiger partial charge in [-0.1, -0.05) is 18.2 Å². The number of carbonyl (C=O) groups excluding carboxylic acids is 1. The predicted octanol–water partition coefficient (Wildman–Crippen LogP) is 1.50. The zero-order chi connectivity index (χ0) is 12.3. The van der Waals surface area contributed by atoms with Crippen molar-refractivity contribution in [3.63, 3.8) is 0 Å². The van der Waals surface area contributed by atoms with Crippen molar-refractivity contribution in [1.82, 2.24) is 0 Å². The van der Waals surface area contributed by atoms with Crippen LogP contribution in [-0.4, -0.2) is 23.8 Å². The molecular formula is C12H14BClO3. The summed E-state index contributed by atoms with van der Waals surface area (Å²) in [5.41, 5.74) is 2.31. The van der Waals surface area contributed by atoms with Crippen LogP contribution in [0.5, 0.6) is 0 Å². The highest BCUT2D eigenvalue weighted by molar-refractivity contribution is 6.61. The van der Waals surface area contributed by atoms with Gasteiger partial charge in [0.1, 0.15) is 0 Å². The maximum Gasteiger partial charge on any atom is 0.491 e. The quantitative estimate of drug-likeness (QED) is 0.374. The van der Waals surface area contributed by atoms with Crippen molar-refractivity contribution in [2.45, 2.75) is 25.9 Å². The molecule has 90 valence electrons. The topological polar surface area (TPSA) is 46.5 Å². The molecule has 0 aliphatic carbocycles. The summed E-state index contributed by atoms with van der Waals surface area (Å²) in [5.74, 6) is 0.682. The summed E-state index contributed by atoms with van der Waals surface area (Å²) in [6, 6.07) is 5.37. The molecule has 1 aliphatic heterocycles. The third kappa shape index (κ3) is 2.89. The standard InChI is InChI=1S/C12H14BClO3/c14-6-2-1-3-12(15)9-4-5-10-8-17-13(16)11(10)7-9/h4-5,7,16H,1-3,6,8H2. The van der Waals surface area contributed by atoms with E-state index in [1.54, 1.807) is 12.1 Å². The molecule has 17 heavy (non-hydrogen) atoms. The van der Waals surface area contributed by atoms with Gasteiger partial charge in [0, 0.05) is 17.9 Å². The molecule has 0 aromatic heterocycles. The lowest BCUT2D eigenvalue weighted by molar-refractivity contribution is 0.0980. The van der Waals surface area contributed by atoms with Crippen LogP contribution < -0.4 is 5.46 Å². The van der Waals surface area contributed by atoms with E-state index in [9.17, 15) is 9.82 Å². The van der Waals surface area contributed by atoms with Crippen LogP contribution in [0.4, 0.5) is 0 Å². The van der Waals surface area contributed by atoms with Gasteiger partial charge >= 0.3 is 7.12 Å². The number of unbranched alkanes of at least 4 members (excludes halogenated alkanes) is 1. The Bertz CT molecular complexity index is 422. The number of Topliss-reactive ketones (excluding diaryl/α,β-unsaturated/α-hetero) is 1. The van der Waals surface area contributed by atoms with Crippen LogP contribution in [0.15, 0.2) is 18.2 Å². The molecule has 0 unspecified atom stereocenters. The first-order valence-electron chi connectivity index (χ1n) is 5.74. The fourth-order valence-corrected chi connectivity index (χ4v) is 2.10. The van der Waals surface area contributed by atoms with E-state index in [0.717, 1.165) is 18.4 Å². The molecule has 0 saturated carbocycles. The lowest BCUT2D eigenvalue weighted by atomic mass is 9.78. The van der Waals surface area contributed by atoms with Gasteiger partial charge in [-0.2, -0.15) is 0 Å². The molecule has 0 spiro atoms. The van der Waals surface area contributed by atoms with Crippen LogP contribution >= 0.6 is 11.6 Å². The normalized spacial score (nSPS) is 13.9. The summed E-state index contributed by atoms with van der Waals surface area (Å²) < 4.78 is 5.08. The first-order chi connectivity index (χ1) is 8.22. The van der Waals surface area contributed by atoms with E-state index in [1.165, 1.54) is 0 Å². The molecule has 0 atom stereocenters. The minimum absolute atomic E-state index is 0.0945. The van der Waals surface area contributed by atoms with Gasteiger partial charge in [-0.05, 0) is 23.9 Å². The van der Waals surface area contributed by atoms with E-state index in [-0.39, 0.29) is 5.78 Å². The van der Waals surface area contributed by atoms with E-state index >= 15 is 0 Å². The smallest absolute Gasteiger partial charge is 0.423 e. The number of rotatable bonds is 5. The Morgan fingerprint density at radius 3 is 3.06 bits per heavy atom. The Kier molecular flexibility index (Phi) is 4.21. The van der Waals surface area contributed by atoms with E-state index < -0.39 is 7.12 Å². The molecule has 0 radical (unpaired) electrons. The molecule has 1 aromatic rings. The summed E-state index contributed by atoms with van der Waals surface area (Å²) >= 11 is 5.57. The molecule has 0 amide bonds. The van der Waals surface area contributed by atoms with Gasteiger partial charge in [0.05, 0.1) is 6.61 Å². The minimum atomic E-state index is -0.888. The van der Waals surface area contributed by atoms with E-state index in [1.807, 2.05) is 6.07 Å². The van der Waals surface area contributed by atoms with Gasteiger partial charge in [0.25, 0.3) is 0 Å². The number of halogens is 1. The van der Waals surface area contributed by atoms with Crippen LogP contribution in [0.1, 0.15) is 35.2 Å². The van der Waals surface area contributed by atoms with Crippen LogP contribution in [0.25, 0.3) is 0 Å². The zero-order valence-corrected chi connectivity index (χ0v) is 10.2. The first kappa shape index (κ1) is 12.6. The van der Waals surface area contributed by atoms with Crippen molar-refractivity contribution in [2.75, 3.05) is 5.88 Å². The molecule has 3 nitrogen and oxygen atoms in total. The largest absolute Gasteiger partial charge is 0.491 e. The second-order valence-corrected chi connectivity index (χ2v) is 4.52. The molecule has 5 heteroatoms. The molecule has 0 bridgehead atoms. The fourth-order valence-electron chi connectivity index (χ4n) is 1.91. The Hall–Kier alpha value is -0.835. The molecular weight excluding hydrogens is 238 g/mol. The average molecular weight is 253 g/mol. The fraction of sp³-hybridized carbons (Fsp3) is 0.417. The monoisotopic (exact) mass is 252 g/mol. The van der Waals surface area contributed by atoms with Crippen molar-refractivity contribution in [3.05, 3.63) is 29.3 Å². The third-order valence-electron chi connectivity index (χ3n) is 2.92. The van der Waals surface area contributed by atoms with Crippen molar-refractivity contribution in [1.29, 1.82) is 0 Å². The Morgan fingerprint density at radius 2 is 2.29 bits per heavy atom. The van der Waals surface area contributed by atoms with E-state index in [2.05, 4.69) is 0 Å². The number of hydrogen-bond acceptors (Lipinski definition) is 3. The summed E-state index contributed by atoms with van der Waals surface area (Å²) in [7, 11) is -0.888. The van der Waals surface area contributed by atoms with Gasteiger partial charge in [-0.15, -0.1) is 11.6 Å². The Labute approximate surface area is 106 Å². The van der Waals surface area contributed by atoms with Gasteiger partial charge in [0.15, 0.2) is 5.78 Å². The lowest BCUT2D eigenvalue weighted by Crippen LogP contribution is -2.28. The molecule has 0 saturated heterocycles. The number of alkyl halides is 1. The van der Waals surface area contributed by atoms with Crippen LogP contribution in [0, 0.1) is 0 Å². The maximum atomic E-state index is 11.9. The predicted molar refractivity (Wildman–Crippen MR) is 67.7 cm³/mol. The minimum Gasteiger partial charge on any atom is -0.423 e. The Balaban J connectivity index is 2.07.